The standard InChI is InChI=1S/C8H4BrFN2O2/c9-7-5(3-4-11)1-2-6(10)8(7)12(13)14/h1-2H,3H2. The Bertz CT molecular complexity index is 428. The molecular weight excluding hydrogens is 255 g/mol. The van der Waals surface area contributed by atoms with Crippen molar-refractivity contribution in [3.63, 3.8) is 0 Å². The zero-order valence-electron chi connectivity index (χ0n) is 6.83. The predicted molar refractivity (Wildman–Crippen MR) is 50.1 cm³/mol. The SMILES string of the molecule is N#CCc1ccc(F)c([N+](=O)[O-])c1Br. The second-order valence-electron chi connectivity index (χ2n) is 2.46. The second-order valence-corrected chi connectivity index (χ2v) is 3.25. The Balaban J connectivity index is 3.35. The molecule has 0 unspecified atom stereocenters. The molecule has 4 nitrogen and oxygen atoms in total. The predicted octanol–water partition coefficient (Wildman–Crippen LogP) is 2.56. The summed E-state index contributed by atoms with van der Waals surface area (Å²) in [6, 6.07) is 4.16. The molecule has 0 bridgehead atoms. The number of nitro groups is 1. The average molecular weight is 259 g/mol. The zero-order chi connectivity index (χ0) is 10.7. The first kappa shape index (κ1) is 10.6. The summed E-state index contributed by atoms with van der Waals surface area (Å²) in [5, 5.41) is 18.9. The van der Waals surface area contributed by atoms with Crippen molar-refractivity contribution in [2.24, 2.45) is 0 Å². The first-order valence-corrected chi connectivity index (χ1v) is 4.35. The number of nitriles is 1. The Morgan fingerprint density at radius 3 is 2.79 bits per heavy atom. The van der Waals surface area contributed by atoms with Crippen LogP contribution in [0, 0.1) is 27.3 Å². The largest absolute Gasteiger partial charge is 0.319 e. The molecule has 0 radical (unpaired) electrons. The van der Waals surface area contributed by atoms with E-state index in [4.69, 9.17) is 5.26 Å². The van der Waals surface area contributed by atoms with E-state index in [1.807, 2.05) is 6.07 Å². The van der Waals surface area contributed by atoms with Crippen molar-refractivity contribution in [2.75, 3.05) is 0 Å². The molecule has 0 N–H and O–H groups in total. The van der Waals surface area contributed by atoms with E-state index in [1.54, 1.807) is 0 Å². The number of halogens is 2. The Labute approximate surface area is 87.2 Å². The lowest BCUT2D eigenvalue weighted by Crippen LogP contribution is -1.97. The van der Waals surface area contributed by atoms with E-state index in [2.05, 4.69) is 15.9 Å². The molecule has 0 saturated heterocycles. The number of nitrogens with zero attached hydrogens (tertiary/aromatic N) is 2. The number of nitro benzene ring substituents is 1. The highest BCUT2D eigenvalue weighted by Gasteiger charge is 2.21. The summed E-state index contributed by atoms with van der Waals surface area (Å²) >= 11 is 2.90. The maximum absolute atomic E-state index is 13.0. The lowest BCUT2D eigenvalue weighted by molar-refractivity contribution is -0.388. The van der Waals surface area contributed by atoms with E-state index < -0.39 is 16.4 Å². The summed E-state index contributed by atoms with van der Waals surface area (Å²) in [7, 11) is 0. The third-order valence-corrected chi connectivity index (χ3v) is 2.48. The minimum absolute atomic E-state index is 0.00169. The Hall–Kier alpha value is -1.48. The minimum Gasteiger partial charge on any atom is -0.258 e. The maximum atomic E-state index is 13.0. The van der Waals surface area contributed by atoms with Crippen molar-refractivity contribution < 1.29 is 9.31 Å². The third-order valence-electron chi connectivity index (χ3n) is 1.60. The minimum atomic E-state index is -0.913. The lowest BCUT2D eigenvalue weighted by atomic mass is 10.1. The summed E-state index contributed by atoms with van der Waals surface area (Å²) < 4.78 is 13.0. The van der Waals surface area contributed by atoms with Crippen LogP contribution in [0.25, 0.3) is 0 Å². The van der Waals surface area contributed by atoms with Crippen LogP contribution in [0.2, 0.25) is 0 Å². The third kappa shape index (κ3) is 1.88. The van der Waals surface area contributed by atoms with Crippen LogP contribution in [0.1, 0.15) is 5.56 Å². The molecular formula is C8H4BrFN2O2. The van der Waals surface area contributed by atoms with E-state index in [1.165, 1.54) is 6.07 Å². The van der Waals surface area contributed by atoms with Crippen LogP contribution >= 0.6 is 15.9 Å². The summed E-state index contributed by atoms with van der Waals surface area (Å²) in [6.45, 7) is 0. The second kappa shape index (κ2) is 4.15. The molecule has 0 amide bonds. The number of hydrogen-bond acceptors (Lipinski definition) is 3. The van der Waals surface area contributed by atoms with Gasteiger partial charge < -0.3 is 0 Å². The van der Waals surface area contributed by atoms with Crippen LogP contribution in [-0.4, -0.2) is 4.92 Å². The molecule has 0 heterocycles. The van der Waals surface area contributed by atoms with Crippen LogP contribution in [0.5, 0.6) is 0 Å². The fourth-order valence-corrected chi connectivity index (χ4v) is 1.58. The van der Waals surface area contributed by atoms with E-state index >= 15 is 0 Å². The van der Waals surface area contributed by atoms with Crippen LogP contribution in [0.3, 0.4) is 0 Å². The van der Waals surface area contributed by atoms with Gasteiger partial charge in [-0.25, -0.2) is 0 Å². The van der Waals surface area contributed by atoms with Gasteiger partial charge in [0.25, 0.3) is 0 Å². The Morgan fingerprint density at radius 2 is 2.29 bits per heavy atom. The van der Waals surface area contributed by atoms with Gasteiger partial charge in [-0.05, 0) is 27.6 Å². The van der Waals surface area contributed by atoms with Crippen molar-refractivity contribution in [1.82, 2.24) is 0 Å². The molecule has 6 heteroatoms. The van der Waals surface area contributed by atoms with Crippen LogP contribution in [0.15, 0.2) is 16.6 Å². The van der Waals surface area contributed by atoms with Crippen molar-refractivity contribution in [3.05, 3.63) is 38.1 Å². The fraction of sp³-hybridized carbons (Fsp3) is 0.125. The molecule has 0 spiro atoms. The monoisotopic (exact) mass is 258 g/mol. The molecule has 72 valence electrons. The highest BCUT2D eigenvalue weighted by atomic mass is 79.9. The fourth-order valence-electron chi connectivity index (χ4n) is 0.972. The number of benzene rings is 1. The van der Waals surface area contributed by atoms with Gasteiger partial charge in [0.1, 0.15) is 4.47 Å². The summed E-state index contributed by atoms with van der Waals surface area (Å²) in [6.07, 6.45) is 0.00169. The molecule has 0 atom stereocenters. The molecule has 1 rings (SSSR count). The van der Waals surface area contributed by atoms with Gasteiger partial charge in [-0.2, -0.15) is 9.65 Å². The number of hydrogen-bond donors (Lipinski definition) is 0. The lowest BCUT2D eigenvalue weighted by Gasteiger charge is -2.01. The van der Waals surface area contributed by atoms with Crippen LogP contribution in [-0.2, 0) is 6.42 Å². The highest BCUT2D eigenvalue weighted by molar-refractivity contribution is 9.10. The van der Waals surface area contributed by atoms with Crippen molar-refractivity contribution in [3.8, 4) is 6.07 Å². The Kier molecular flexibility index (Phi) is 3.14. The molecule has 0 fully saturated rings. The van der Waals surface area contributed by atoms with Gasteiger partial charge in [-0.1, -0.05) is 6.07 Å². The normalized spacial score (nSPS) is 9.50. The van der Waals surface area contributed by atoms with E-state index in [0.29, 0.717) is 5.56 Å². The van der Waals surface area contributed by atoms with Crippen molar-refractivity contribution in [1.29, 1.82) is 5.26 Å². The van der Waals surface area contributed by atoms with Gasteiger partial charge in [0.05, 0.1) is 17.4 Å². The van der Waals surface area contributed by atoms with Crippen LogP contribution < -0.4 is 0 Å². The molecule has 0 aromatic heterocycles. The van der Waals surface area contributed by atoms with E-state index in [9.17, 15) is 14.5 Å². The summed E-state index contributed by atoms with van der Waals surface area (Å²) in [4.78, 5) is 9.63. The van der Waals surface area contributed by atoms with Gasteiger partial charge >= 0.3 is 5.69 Å². The van der Waals surface area contributed by atoms with Crippen LogP contribution in [0.4, 0.5) is 10.1 Å². The van der Waals surface area contributed by atoms with Gasteiger partial charge in [0, 0.05) is 0 Å². The molecule has 14 heavy (non-hydrogen) atoms. The molecule has 0 aliphatic carbocycles. The van der Waals surface area contributed by atoms with Gasteiger partial charge in [0.15, 0.2) is 0 Å². The molecule has 0 saturated carbocycles. The molecule has 0 aliphatic heterocycles. The first-order valence-electron chi connectivity index (χ1n) is 3.56. The zero-order valence-corrected chi connectivity index (χ0v) is 8.41. The first-order chi connectivity index (χ1) is 6.57. The van der Waals surface area contributed by atoms with Crippen molar-refractivity contribution >= 4 is 21.6 Å². The summed E-state index contributed by atoms with van der Waals surface area (Å²) in [5.74, 6) is -0.913. The molecule has 1 aromatic rings. The summed E-state index contributed by atoms with van der Waals surface area (Å²) in [5.41, 5.74) is -0.224. The van der Waals surface area contributed by atoms with E-state index in [-0.39, 0.29) is 10.9 Å². The molecule has 1 aromatic carbocycles. The number of rotatable bonds is 2. The van der Waals surface area contributed by atoms with Gasteiger partial charge in [0.2, 0.25) is 5.82 Å². The highest BCUT2D eigenvalue weighted by Crippen LogP contribution is 2.31. The van der Waals surface area contributed by atoms with Gasteiger partial charge in [-0.15, -0.1) is 0 Å². The topological polar surface area (TPSA) is 66.9 Å². The van der Waals surface area contributed by atoms with Gasteiger partial charge in [-0.3, -0.25) is 10.1 Å². The van der Waals surface area contributed by atoms with Crippen molar-refractivity contribution in [2.45, 2.75) is 6.42 Å². The Morgan fingerprint density at radius 1 is 1.64 bits per heavy atom. The smallest absolute Gasteiger partial charge is 0.258 e. The maximum Gasteiger partial charge on any atom is 0.319 e. The quantitative estimate of drug-likeness (QED) is 0.605. The average Bonchev–Trinajstić information content (AvgIpc) is 2.10. The molecule has 0 aliphatic rings. The van der Waals surface area contributed by atoms with E-state index in [0.717, 1.165) is 6.07 Å².